The summed E-state index contributed by atoms with van der Waals surface area (Å²) >= 11 is 0. The number of hydrogen-bond acceptors (Lipinski definition) is 5. The second kappa shape index (κ2) is 7.59. The molecule has 34 heavy (non-hydrogen) atoms. The van der Waals surface area contributed by atoms with Gasteiger partial charge in [-0.25, -0.2) is 9.78 Å². The predicted octanol–water partition coefficient (Wildman–Crippen LogP) is 4.84. The maximum Gasteiger partial charge on any atom is 0.494 e. The molecule has 1 amide bonds. The average Bonchev–Trinajstić information content (AvgIpc) is 3.06. The lowest BCUT2D eigenvalue weighted by Gasteiger charge is -2.32. The normalized spacial score (nSPS) is 24.6. The molecule has 1 atom stereocenters. The van der Waals surface area contributed by atoms with Crippen LogP contribution in [0.4, 0.5) is 4.79 Å². The van der Waals surface area contributed by atoms with E-state index in [1.165, 1.54) is 0 Å². The van der Waals surface area contributed by atoms with Crippen LogP contribution in [0.15, 0.2) is 30.5 Å². The van der Waals surface area contributed by atoms with E-state index < -0.39 is 5.60 Å². The highest BCUT2D eigenvalue weighted by Gasteiger charge is 2.55. The van der Waals surface area contributed by atoms with E-state index in [9.17, 15) is 4.79 Å². The van der Waals surface area contributed by atoms with Gasteiger partial charge in [-0.1, -0.05) is 24.3 Å². The minimum Gasteiger partial charge on any atom is -0.444 e. The number of carbonyl (C=O) groups excluding carboxylic acids is 1. The maximum absolute atomic E-state index is 12.9. The van der Waals surface area contributed by atoms with E-state index in [2.05, 4.69) is 49.8 Å². The van der Waals surface area contributed by atoms with Gasteiger partial charge in [-0.15, -0.1) is 0 Å². The van der Waals surface area contributed by atoms with Crippen molar-refractivity contribution in [2.45, 2.75) is 90.6 Å². The van der Waals surface area contributed by atoms with Crippen molar-refractivity contribution >= 4 is 18.7 Å². The minimum atomic E-state index is -0.520. The molecule has 5 rings (SSSR count). The molecule has 8 heteroatoms. The summed E-state index contributed by atoms with van der Waals surface area (Å²) in [7, 11) is -0.382. The Morgan fingerprint density at radius 1 is 1.12 bits per heavy atom. The van der Waals surface area contributed by atoms with E-state index >= 15 is 0 Å². The Morgan fingerprint density at radius 2 is 1.74 bits per heavy atom. The van der Waals surface area contributed by atoms with E-state index in [1.807, 2.05) is 44.0 Å². The van der Waals surface area contributed by atoms with Crippen molar-refractivity contribution in [3.05, 3.63) is 36.3 Å². The first kappa shape index (κ1) is 23.4. The number of rotatable bonds is 3. The lowest BCUT2D eigenvalue weighted by molar-refractivity contribution is 0.00578. The van der Waals surface area contributed by atoms with Crippen LogP contribution < -0.4 is 5.46 Å². The molecule has 1 spiro atoms. The highest BCUT2D eigenvalue weighted by Crippen LogP contribution is 2.58. The van der Waals surface area contributed by atoms with E-state index in [-0.39, 0.29) is 35.9 Å². The molecule has 1 aliphatic carbocycles. The lowest BCUT2D eigenvalue weighted by Crippen LogP contribution is -2.41. The third-order valence-electron chi connectivity index (χ3n) is 7.75. The molecule has 7 nitrogen and oxygen atoms in total. The van der Waals surface area contributed by atoms with Crippen molar-refractivity contribution in [1.29, 1.82) is 0 Å². The van der Waals surface area contributed by atoms with Crippen molar-refractivity contribution in [3.8, 4) is 11.3 Å². The zero-order valence-corrected chi connectivity index (χ0v) is 21.4. The maximum atomic E-state index is 12.9. The van der Waals surface area contributed by atoms with E-state index in [0.29, 0.717) is 0 Å². The molecule has 3 aliphatic rings. The molecule has 3 fully saturated rings. The second-order valence-electron chi connectivity index (χ2n) is 12.2. The quantitative estimate of drug-likeness (QED) is 0.657. The van der Waals surface area contributed by atoms with Gasteiger partial charge in [-0.05, 0) is 84.2 Å². The summed E-state index contributed by atoms with van der Waals surface area (Å²) in [5.41, 5.74) is 1.93. The molecular formula is C26H36BN3O4. The third-order valence-corrected chi connectivity index (χ3v) is 7.75. The van der Waals surface area contributed by atoms with Crippen molar-refractivity contribution in [3.63, 3.8) is 0 Å². The van der Waals surface area contributed by atoms with Crippen molar-refractivity contribution < 1.29 is 18.8 Å². The smallest absolute Gasteiger partial charge is 0.444 e. The van der Waals surface area contributed by atoms with Gasteiger partial charge in [-0.3, -0.25) is 4.90 Å². The molecule has 1 saturated carbocycles. The Labute approximate surface area is 202 Å². The number of ether oxygens (including phenoxy) is 1. The second-order valence-corrected chi connectivity index (χ2v) is 12.2. The van der Waals surface area contributed by atoms with Gasteiger partial charge in [0.2, 0.25) is 0 Å². The van der Waals surface area contributed by atoms with Crippen molar-refractivity contribution in [2.24, 2.45) is 5.41 Å². The summed E-state index contributed by atoms with van der Waals surface area (Å²) in [6.45, 7) is 14.7. The number of nitrogens with zero attached hydrogens (tertiary/aromatic N) is 2. The van der Waals surface area contributed by atoms with Crippen LogP contribution in [0.2, 0.25) is 0 Å². The van der Waals surface area contributed by atoms with Crippen LogP contribution >= 0.6 is 0 Å². The first-order chi connectivity index (χ1) is 15.8. The Balaban J connectivity index is 1.33. The molecule has 1 N–H and O–H groups in total. The van der Waals surface area contributed by atoms with Gasteiger partial charge in [0.1, 0.15) is 11.4 Å². The fourth-order valence-electron chi connectivity index (χ4n) is 4.80. The summed E-state index contributed by atoms with van der Waals surface area (Å²) in [4.78, 5) is 23.0. The average molecular weight is 465 g/mol. The third kappa shape index (κ3) is 4.26. The number of benzene rings is 1. The number of aromatic amines is 1. The van der Waals surface area contributed by atoms with Gasteiger partial charge in [0.15, 0.2) is 0 Å². The molecular weight excluding hydrogens is 429 g/mol. The van der Waals surface area contributed by atoms with E-state index in [0.717, 1.165) is 48.4 Å². The van der Waals surface area contributed by atoms with Crippen molar-refractivity contribution in [1.82, 2.24) is 14.9 Å². The van der Waals surface area contributed by atoms with Gasteiger partial charge >= 0.3 is 13.2 Å². The fraction of sp³-hybridized carbons (Fsp3) is 0.615. The number of aromatic nitrogens is 2. The number of amides is 1. The first-order valence-corrected chi connectivity index (χ1v) is 12.3. The number of hydrogen-bond donors (Lipinski definition) is 1. The molecule has 3 heterocycles. The largest absolute Gasteiger partial charge is 0.494 e. The number of nitrogens with one attached hydrogen (secondary N) is 1. The summed E-state index contributed by atoms with van der Waals surface area (Å²) in [5, 5.41) is 0. The Kier molecular flexibility index (Phi) is 5.23. The van der Waals surface area contributed by atoms with Crippen LogP contribution in [0.1, 0.15) is 79.6 Å². The molecule has 2 aliphatic heterocycles. The zero-order chi connectivity index (χ0) is 24.5. The Morgan fingerprint density at radius 3 is 2.29 bits per heavy atom. The summed E-state index contributed by atoms with van der Waals surface area (Å²) in [6, 6.07) is 8.11. The molecule has 2 aromatic rings. The molecule has 2 saturated heterocycles. The molecule has 182 valence electrons. The summed E-state index contributed by atoms with van der Waals surface area (Å²) in [5.74, 6) is 0.819. The lowest BCUT2D eigenvalue weighted by atomic mass is 9.79. The number of carbonyl (C=O) groups is 1. The number of imidazole rings is 1. The van der Waals surface area contributed by atoms with Gasteiger partial charge in [0, 0.05) is 6.54 Å². The predicted molar refractivity (Wildman–Crippen MR) is 132 cm³/mol. The minimum absolute atomic E-state index is 0.0878. The zero-order valence-electron chi connectivity index (χ0n) is 21.4. The molecule has 1 aromatic heterocycles. The number of H-pyrrole nitrogens is 1. The summed E-state index contributed by atoms with van der Waals surface area (Å²) < 4.78 is 18.0. The molecule has 0 radical (unpaired) electrons. The summed E-state index contributed by atoms with van der Waals surface area (Å²) in [6.07, 6.45) is 4.85. The standard InChI is InChI=1S/C26H36BN3O4/c1-23(2,3)32-22(31)30-16-26(12-13-26)14-20(30)21-28-15-19(29-21)17-8-10-18(11-9-17)27-33-24(4,5)25(6,7)34-27/h8-11,15,20H,12-14,16H2,1-7H3,(H,28,29)/t20-/m0/s1. The fourth-order valence-corrected chi connectivity index (χ4v) is 4.80. The Bertz CT molecular complexity index is 1070. The van der Waals surface area contributed by atoms with E-state index in [1.54, 1.807) is 0 Å². The van der Waals surface area contributed by atoms with Gasteiger partial charge in [0.25, 0.3) is 0 Å². The highest BCUT2D eigenvalue weighted by molar-refractivity contribution is 6.62. The van der Waals surface area contributed by atoms with Crippen LogP contribution in [-0.4, -0.2) is 51.4 Å². The van der Waals surface area contributed by atoms with Crippen LogP contribution in [0.25, 0.3) is 11.3 Å². The van der Waals surface area contributed by atoms with Crippen LogP contribution in [-0.2, 0) is 14.0 Å². The van der Waals surface area contributed by atoms with Gasteiger partial charge < -0.3 is 19.0 Å². The van der Waals surface area contributed by atoms with Crippen LogP contribution in [0.3, 0.4) is 0 Å². The highest BCUT2D eigenvalue weighted by atomic mass is 16.7. The van der Waals surface area contributed by atoms with Crippen LogP contribution in [0, 0.1) is 5.41 Å². The Hall–Kier alpha value is -2.32. The molecule has 0 bridgehead atoms. The van der Waals surface area contributed by atoms with Gasteiger partial charge in [0.05, 0.1) is 29.1 Å². The molecule has 1 aromatic carbocycles. The monoisotopic (exact) mass is 465 g/mol. The van der Waals surface area contributed by atoms with Crippen molar-refractivity contribution in [2.75, 3.05) is 6.54 Å². The topological polar surface area (TPSA) is 76.7 Å². The van der Waals surface area contributed by atoms with Gasteiger partial charge in [-0.2, -0.15) is 0 Å². The van der Waals surface area contributed by atoms with Crippen LogP contribution in [0.5, 0.6) is 0 Å². The first-order valence-electron chi connectivity index (χ1n) is 12.3. The SMILES string of the molecule is CC(C)(C)OC(=O)N1CC2(CC2)C[C@H]1c1ncc(-c2ccc(B3OC(C)(C)C(C)(C)O3)cc2)[nH]1. The van der Waals surface area contributed by atoms with E-state index in [4.69, 9.17) is 14.0 Å². The molecule has 0 unspecified atom stereocenters. The number of likely N-dealkylation sites (tertiary alicyclic amines) is 1.